The number of carbonyl (C=O) groups is 1. The van der Waals surface area contributed by atoms with E-state index in [1.807, 2.05) is 0 Å². The van der Waals surface area contributed by atoms with Crippen molar-refractivity contribution >= 4 is 50.3 Å². The molecule has 7 rings (SSSR count). The van der Waals surface area contributed by atoms with Crippen LogP contribution in [-0.4, -0.2) is 75.3 Å². The fourth-order valence-corrected chi connectivity index (χ4v) is 6.86. The van der Waals surface area contributed by atoms with Crippen LogP contribution in [0.5, 0.6) is 0 Å². The highest BCUT2D eigenvalue weighted by Gasteiger charge is 2.38. The number of likely N-dealkylation sites (N-methyl/N-ethyl adjacent to an activating group) is 1. The van der Waals surface area contributed by atoms with Crippen LogP contribution in [-0.2, 0) is 7.05 Å². The molecule has 2 atom stereocenters. The number of H-pyrrole nitrogens is 1. The zero-order valence-electron chi connectivity index (χ0n) is 23.0. The Bertz CT molecular complexity index is 1950. The SMILES string of the molecule is CNc1cc(F)cc2c1[nH]c1ncc(-c3cnc4c(c3)c(=O)c(C(=O)O)cn4C)c(N3CCC4CCN(C)[C@H]4C3)c12. The van der Waals surface area contributed by atoms with E-state index in [1.165, 1.54) is 24.8 Å². The van der Waals surface area contributed by atoms with Crippen LogP contribution in [0.3, 0.4) is 0 Å². The van der Waals surface area contributed by atoms with Gasteiger partial charge in [0.2, 0.25) is 5.43 Å². The van der Waals surface area contributed by atoms with Crippen LogP contribution in [0.1, 0.15) is 23.2 Å². The second-order valence-electron chi connectivity index (χ2n) is 11.2. The van der Waals surface area contributed by atoms with Gasteiger partial charge < -0.3 is 29.8 Å². The van der Waals surface area contributed by atoms with Crippen molar-refractivity contribution in [3.63, 3.8) is 0 Å². The number of aromatic nitrogens is 4. The molecule has 3 N–H and O–H groups in total. The monoisotopic (exact) mass is 555 g/mol. The minimum absolute atomic E-state index is 0.215. The normalized spacial score (nSPS) is 19.4. The van der Waals surface area contributed by atoms with E-state index in [4.69, 9.17) is 4.98 Å². The maximum atomic E-state index is 14.9. The molecule has 210 valence electrons. The van der Waals surface area contributed by atoms with E-state index in [0.717, 1.165) is 48.2 Å². The van der Waals surface area contributed by atoms with Crippen molar-refractivity contribution in [3.05, 3.63) is 58.4 Å². The Morgan fingerprint density at radius 2 is 1.93 bits per heavy atom. The lowest BCUT2D eigenvalue weighted by molar-refractivity contribution is 0.0695. The minimum Gasteiger partial charge on any atom is -0.477 e. The van der Waals surface area contributed by atoms with E-state index < -0.39 is 11.4 Å². The molecule has 2 fully saturated rings. The van der Waals surface area contributed by atoms with E-state index in [0.29, 0.717) is 39.9 Å². The molecule has 0 aliphatic carbocycles. The molecule has 0 radical (unpaired) electrons. The molecule has 0 amide bonds. The van der Waals surface area contributed by atoms with Crippen molar-refractivity contribution in [2.75, 3.05) is 43.9 Å². The Morgan fingerprint density at radius 3 is 2.71 bits per heavy atom. The number of anilines is 2. The van der Waals surface area contributed by atoms with Gasteiger partial charge >= 0.3 is 5.97 Å². The predicted molar refractivity (Wildman–Crippen MR) is 157 cm³/mol. The van der Waals surface area contributed by atoms with Crippen molar-refractivity contribution in [2.24, 2.45) is 13.0 Å². The molecule has 10 nitrogen and oxygen atoms in total. The Hall–Kier alpha value is -4.51. The summed E-state index contributed by atoms with van der Waals surface area (Å²) in [7, 11) is 5.59. The summed E-state index contributed by atoms with van der Waals surface area (Å²) in [6.45, 7) is 2.70. The third-order valence-electron chi connectivity index (χ3n) is 8.95. The number of aromatic carboxylic acids is 1. The third kappa shape index (κ3) is 3.86. The number of aryl methyl sites for hydroxylation is 1. The first-order valence-electron chi connectivity index (χ1n) is 13.7. The van der Waals surface area contributed by atoms with Gasteiger partial charge in [-0.05, 0) is 50.6 Å². The average Bonchev–Trinajstić information content (AvgIpc) is 3.53. The number of pyridine rings is 3. The number of likely N-dealkylation sites (tertiary alicyclic amines) is 1. The summed E-state index contributed by atoms with van der Waals surface area (Å²) in [4.78, 5) is 42.5. The molecule has 0 saturated carbocycles. The number of nitrogens with zero attached hydrogens (tertiary/aromatic N) is 5. The largest absolute Gasteiger partial charge is 0.477 e. The summed E-state index contributed by atoms with van der Waals surface area (Å²) in [5.74, 6) is -1.01. The van der Waals surface area contributed by atoms with Gasteiger partial charge in [0.15, 0.2) is 0 Å². The summed E-state index contributed by atoms with van der Waals surface area (Å²) < 4.78 is 16.4. The molecular weight excluding hydrogens is 525 g/mol. The van der Waals surface area contributed by atoms with Crippen LogP contribution < -0.4 is 15.6 Å². The van der Waals surface area contributed by atoms with Crippen molar-refractivity contribution in [3.8, 4) is 11.1 Å². The van der Waals surface area contributed by atoms with E-state index in [2.05, 4.69) is 32.1 Å². The van der Waals surface area contributed by atoms with Crippen LogP contribution in [0.25, 0.3) is 44.1 Å². The highest BCUT2D eigenvalue weighted by atomic mass is 19.1. The standard InChI is InChI=1S/C30H30FN7O3/c1-32-22-10-17(31)9-18-24-26(38-7-5-15-4-6-36(2)23(15)14-38)20(12-33-28(24)35-25(18)22)16-8-19-27(39)21(30(40)41)13-37(3)29(19)34-11-16/h8-13,15,23,32H,4-7,14H2,1-3H3,(H,33,35)(H,40,41)/t15?,23-/m0/s1. The Labute approximate surface area is 234 Å². The summed E-state index contributed by atoms with van der Waals surface area (Å²) >= 11 is 0. The second kappa shape index (κ2) is 9.27. The number of fused-ring (bicyclic) bond motifs is 5. The number of hydrogen-bond acceptors (Lipinski definition) is 7. The summed E-state index contributed by atoms with van der Waals surface area (Å²) in [6, 6.07) is 5.09. The lowest BCUT2D eigenvalue weighted by atomic mass is 9.90. The molecule has 0 bridgehead atoms. The van der Waals surface area contributed by atoms with Gasteiger partial charge in [-0.1, -0.05) is 0 Å². The Balaban J connectivity index is 1.52. The average molecular weight is 556 g/mol. The van der Waals surface area contributed by atoms with Crippen LogP contribution >= 0.6 is 0 Å². The van der Waals surface area contributed by atoms with Gasteiger partial charge in [0.25, 0.3) is 0 Å². The van der Waals surface area contributed by atoms with Crippen LogP contribution in [0.2, 0.25) is 0 Å². The maximum absolute atomic E-state index is 14.9. The van der Waals surface area contributed by atoms with Crippen molar-refractivity contribution in [1.82, 2.24) is 24.4 Å². The number of carboxylic acids is 1. The topological polar surface area (TPSA) is 119 Å². The summed E-state index contributed by atoms with van der Waals surface area (Å²) in [6.07, 6.45) is 6.97. The predicted octanol–water partition coefficient (Wildman–Crippen LogP) is 4.04. The van der Waals surface area contributed by atoms with Gasteiger partial charge in [-0.3, -0.25) is 4.79 Å². The number of aromatic amines is 1. The number of hydrogen-bond donors (Lipinski definition) is 3. The zero-order valence-corrected chi connectivity index (χ0v) is 23.0. The summed E-state index contributed by atoms with van der Waals surface area (Å²) in [5, 5.41) is 14.4. The van der Waals surface area contributed by atoms with E-state index in [-0.39, 0.29) is 16.8 Å². The number of piperidine rings is 1. The molecule has 0 spiro atoms. The van der Waals surface area contributed by atoms with E-state index in [1.54, 1.807) is 37.1 Å². The lowest BCUT2D eigenvalue weighted by Gasteiger charge is -2.39. The molecule has 2 aliphatic rings. The van der Waals surface area contributed by atoms with Gasteiger partial charge in [-0.25, -0.2) is 19.2 Å². The van der Waals surface area contributed by atoms with Gasteiger partial charge in [0.05, 0.1) is 27.7 Å². The molecule has 2 aliphatic heterocycles. The fourth-order valence-electron chi connectivity index (χ4n) is 6.86. The molecule has 4 aromatic heterocycles. The Morgan fingerprint density at radius 1 is 1.12 bits per heavy atom. The van der Waals surface area contributed by atoms with E-state index >= 15 is 0 Å². The number of carboxylic acid groups (broad SMARTS) is 1. The zero-order chi connectivity index (χ0) is 28.6. The third-order valence-corrected chi connectivity index (χ3v) is 8.95. The van der Waals surface area contributed by atoms with Gasteiger partial charge in [-0.2, -0.15) is 0 Å². The van der Waals surface area contributed by atoms with Crippen LogP contribution in [0.4, 0.5) is 15.8 Å². The summed E-state index contributed by atoms with van der Waals surface area (Å²) in [5.41, 5.74) is 3.83. The quantitative estimate of drug-likeness (QED) is 0.304. The highest BCUT2D eigenvalue weighted by Crippen LogP contribution is 2.44. The fraction of sp³-hybridized carbons (Fsp3) is 0.333. The Kier molecular flexibility index (Phi) is 5.75. The van der Waals surface area contributed by atoms with E-state index in [9.17, 15) is 19.1 Å². The maximum Gasteiger partial charge on any atom is 0.341 e. The van der Waals surface area contributed by atoms with Crippen LogP contribution in [0, 0.1) is 11.7 Å². The van der Waals surface area contributed by atoms with Gasteiger partial charge in [0, 0.05) is 68.3 Å². The molecule has 41 heavy (non-hydrogen) atoms. The number of nitrogens with one attached hydrogen (secondary N) is 2. The molecule has 1 unspecified atom stereocenters. The minimum atomic E-state index is -1.29. The number of rotatable bonds is 4. The lowest BCUT2D eigenvalue weighted by Crippen LogP contribution is -2.47. The van der Waals surface area contributed by atoms with Gasteiger partial charge in [0.1, 0.15) is 22.7 Å². The van der Waals surface area contributed by atoms with Crippen molar-refractivity contribution in [1.29, 1.82) is 0 Å². The van der Waals surface area contributed by atoms with Crippen LogP contribution in [0.15, 0.2) is 41.6 Å². The van der Waals surface area contributed by atoms with Gasteiger partial charge in [-0.15, -0.1) is 0 Å². The smallest absolute Gasteiger partial charge is 0.341 e. The molecule has 11 heteroatoms. The highest BCUT2D eigenvalue weighted by molar-refractivity contribution is 6.18. The van der Waals surface area contributed by atoms with Crippen molar-refractivity contribution < 1.29 is 14.3 Å². The molecule has 5 aromatic rings. The number of halogens is 1. The first-order valence-corrected chi connectivity index (χ1v) is 13.7. The number of benzene rings is 1. The molecule has 1 aromatic carbocycles. The first-order chi connectivity index (χ1) is 19.7. The molecule has 6 heterocycles. The first kappa shape index (κ1) is 25.5. The molecular formula is C30H30FN7O3. The van der Waals surface area contributed by atoms with Crippen molar-refractivity contribution in [2.45, 2.75) is 18.9 Å². The molecule has 2 saturated heterocycles. The second-order valence-corrected chi connectivity index (χ2v) is 11.2.